The van der Waals surface area contributed by atoms with Gasteiger partial charge in [0, 0.05) is 0 Å². The van der Waals surface area contributed by atoms with Crippen molar-refractivity contribution in [2.45, 2.75) is 0 Å². The fraction of sp³-hybridized carbons (Fsp3) is 0. The molecule has 0 aromatic heterocycles. The van der Waals surface area contributed by atoms with E-state index in [1.54, 1.807) is 0 Å². The molecule has 32 valence electrons. The van der Waals surface area contributed by atoms with E-state index in [2.05, 4.69) is 0 Å². The zero-order valence-corrected chi connectivity index (χ0v) is 9.60. The third-order valence-electron chi connectivity index (χ3n) is 0. The molecule has 0 spiro atoms. The molecule has 0 saturated carbocycles. The van der Waals surface area contributed by atoms with Crippen LogP contribution in [-0.4, -0.2) is 12.8 Å². The summed E-state index contributed by atoms with van der Waals surface area (Å²) in [7, 11) is -2.92. The maximum Gasteiger partial charge on any atom is 2.00 e. The van der Waals surface area contributed by atoms with Crippen LogP contribution in [0.3, 0.4) is 0 Å². The average Bonchev–Trinajstić information content (AvgIpc) is 0.811. The van der Waals surface area contributed by atoms with Gasteiger partial charge in [-0.3, -0.25) is 7.32 Å². The van der Waals surface area contributed by atoms with Gasteiger partial charge in [-0.25, -0.2) is 0 Å². The van der Waals surface area contributed by atoms with Crippen LogP contribution in [0.25, 0.3) is 0 Å². The van der Waals surface area contributed by atoms with Crippen molar-refractivity contribution >= 4 is 7.32 Å². The molecule has 0 aliphatic carbocycles. The first-order valence-electron chi connectivity index (χ1n) is 0.707. The first-order valence-corrected chi connectivity index (χ1v) is 0.707. The minimum Gasteiger partial charge on any atom is -0.907 e. The molecule has 0 fully saturated rings. The molecule has 0 aromatic rings. The Morgan fingerprint density at radius 1 is 0.857 bits per heavy atom. The van der Waals surface area contributed by atoms with E-state index in [9.17, 15) is 0 Å². The SMILES string of the molecule is [O-]B([O-])[O-].[OH-].[Zn+2].[Zn+2]. The fourth-order valence-electron chi connectivity index (χ4n) is 0. The van der Waals surface area contributed by atoms with Gasteiger partial charge in [-0.15, -0.1) is 0 Å². The van der Waals surface area contributed by atoms with Crippen LogP contribution in [0.1, 0.15) is 0 Å². The van der Waals surface area contributed by atoms with Crippen molar-refractivity contribution in [1.29, 1.82) is 0 Å². The van der Waals surface area contributed by atoms with Gasteiger partial charge < -0.3 is 20.5 Å². The van der Waals surface area contributed by atoms with Crippen LogP contribution in [0.4, 0.5) is 0 Å². The molecule has 0 aliphatic rings. The monoisotopic (exact) mass is 204 g/mol. The predicted octanol–water partition coefficient (Wildman–Crippen LogP) is -4.13. The molecule has 0 aromatic carbocycles. The van der Waals surface area contributed by atoms with Gasteiger partial charge in [0.2, 0.25) is 0 Å². The van der Waals surface area contributed by atoms with E-state index in [4.69, 9.17) is 15.1 Å². The van der Waals surface area contributed by atoms with E-state index in [0.29, 0.717) is 0 Å². The Bertz CT molecular complexity index is 14.4. The quantitative estimate of drug-likeness (QED) is 0.376. The average molecular weight is 207 g/mol. The van der Waals surface area contributed by atoms with E-state index in [0.717, 1.165) is 0 Å². The second kappa shape index (κ2) is 15.7. The molecular weight excluding hydrogens is 206 g/mol. The molecule has 0 atom stereocenters. The molecule has 0 unspecified atom stereocenters. The first-order chi connectivity index (χ1) is 1.73. The number of hydrogen-bond acceptors (Lipinski definition) is 4. The fourth-order valence-corrected chi connectivity index (χ4v) is 0. The molecule has 0 radical (unpaired) electrons. The van der Waals surface area contributed by atoms with Crippen molar-refractivity contribution < 1.29 is 59.5 Å². The van der Waals surface area contributed by atoms with E-state index < -0.39 is 7.32 Å². The van der Waals surface area contributed by atoms with Crippen LogP contribution >= 0.6 is 0 Å². The summed E-state index contributed by atoms with van der Waals surface area (Å²) in [6.45, 7) is 0. The molecular formula is HBO4Zn2. The van der Waals surface area contributed by atoms with Gasteiger partial charge in [0.15, 0.2) is 0 Å². The molecule has 7 heavy (non-hydrogen) atoms. The van der Waals surface area contributed by atoms with Crippen LogP contribution in [0.15, 0.2) is 0 Å². The summed E-state index contributed by atoms with van der Waals surface area (Å²) in [4.78, 5) is 0. The summed E-state index contributed by atoms with van der Waals surface area (Å²) in [5, 5.41) is 25.2. The van der Waals surface area contributed by atoms with Crippen LogP contribution in [0.2, 0.25) is 0 Å². The van der Waals surface area contributed by atoms with Gasteiger partial charge in [-0.2, -0.15) is 0 Å². The van der Waals surface area contributed by atoms with Gasteiger partial charge in [0.05, 0.1) is 0 Å². The third kappa shape index (κ3) is 143. The number of rotatable bonds is 0. The zero-order chi connectivity index (χ0) is 3.58. The van der Waals surface area contributed by atoms with Gasteiger partial charge in [0.1, 0.15) is 0 Å². The van der Waals surface area contributed by atoms with Gasteiger partial charge in [0.25, 0.3) is 0 Å². The molecule has 0 heterocycles. The molecule has 0 rings (SSSR count). The van der Waals surface area contributed by atoms with Crippen molar-refractivity contribution in [3.8, 4) is 0 Å². The van der Waals surface area contributed by atoms with Crippen molar-refractivity contribution in [2.24, 2.45) is 0 Å². The van der Waals surface area contributed by atoms with E-state index in [1.165, 1.54) is 0 Å². The normalized spacial score (nSPS) is 3.86. The topological polar surface area (TPSA) is 99.2 Å². The van der Waals surface area contributed by atoms with Crippen LogP contribution in [-0.2, 0) is 39.0 Å². The predicted molar refractivity (Wildman–Crippen MR) is 7.69 cm³/mol. The molecule has 0 amide bonds. The third-order valence-corrected chi connectivity index (χ3v) is 0. The van der Waals surface area contributed by atoms with Crippen LogP contribution < -0.4 is 15.1 Å². The second-order valence-electron chi connectivity index (χ2n) is 0.289. The van der Waals surface area contributed by atoms with Gasteiger partial charge in [-0.1, -0.05) is 0 Å². The van der Waals surface area contributed by atoms with Crippen molar-refractivity contribution in [2.75, 3.05) is 0 Å². The molecule has 4 nitrogen and oxygen atoms in total. The van der Waals surface area contributed by atoms with Crippen LogP contribution in [0.5, 0.6) is 0 Å². The molecule has 1 N–H and O–H groups in total. The number of hydrogen-bond donors (Lipinski definition) is 0. The van der Waals surface area contributed by atoms with E-state index in [1.807, 2.05) is 0 Å². The Morgan fingerprint density at radius 2 is 0.857 bits per heavy atom. The van der Waals surface area contributed by atoms with E-state index >= 15 is 0 Å². The summed E-state index contributed by atoms with van der Waals surface area (Å²) in [5.41, 5.74) is 0. The first kappa shape index (κ1) is 24.2. The summed E-state index contributed by atoms with van der Waals surface area (Å²) in [5.74, 6) is 0. The van der Waals surface area contributed by atoms with E-state index in [-0.39, 0.29) is 44.4 Å². The Balaban J connectivity index is -0.0000000150. The standard InChI is InChI=1S/BO3.H2O.2Zn/c2-1(3)4;;;/h;1H2;;/q-3;;2*+2/p-1. The maximum absolute atomic E-state index is 8.42. The van der Waals surface area contributed by atoms with Crippen LogP contribution in [0, 0.1) is 0 Å². The zero-order valence-electron chi connectivity index (χ0n) is 3.66. The summed E-state index contributed by atoms with van der Waals surface area (Å²) >= 11 is 0. The summed E-state index contributed by atoms with van der Waals surface area (Å²) < 4.78 is 0. The van der Waals surface area contributed by atoms with Gasteiger partial charge >= 0.3 is 39.0 Å². The molecule has 7 heteroatoms. The Labute approximate surface area is 66.9 Å². The van der Waals surface area contributed by atoms with Crippen molar-refractivity contribution in [1.82, 2.24) is 0 Å². The molecule has 0 saturated heterocycles. The minimum absolute atomic E-state index is 0. The molecule has 0 bridgehead atoms. The second-order valence-corrected chi connectivity index (χ2v) is 0.289. The summed E-state index contributed by atoms with van der Waals surface area (Å²) in [6, 6.07) is 0. The van der Waals surface area contributed by atoms with Crippen molar-refractivity contribution in [3.63, 3.8) is 0 Å². The Hall–Kier alpha value is 1.15. The largest absolute Gasteiger partial charge is 2.00 e. The van der Waals surface area contributed by atoms with Crippen molar-refractivity contribution in [3.05, 3.63) is 0 Å². The minimum atomic E-state index is -2.92. The molecule has 0 aliphatic heterocycles. The smallest absolute Gasteiger partial charge is 0.907 e. The van der Waals surface area contributed by atoms with Gasteiger partial charge in [-0.05, 0) is 0 Å². The Morgan fingerprint density at radius 3 is 0.857 bits per heavy atom. The maximum atomic E-state index is 8.42. The summed E-state index contributed by atoms with van der Waals surface area (Å²) in [6.07, 6.45) is 0. The Kier molecular flexibility index (Phi) is 54.3.